The van der Waals surface area contributed by atoms with Gasteiger partial charge in [0.1, 0.15) is 45.8 Å². The van der Waals surface area contributed by atoms with Crippen LogP contribution in [0.1, 0.15) is 101 Å². The summed E-state index contributed by atoms with van der Waals surface area (Å²) in [6.45, 7) is 10.4. The molecule has 29 heteroatoms. The average Bonchev–Trinajstić information content (AvgIpc) is 4.21. The maximum atomic E-state index is 13.9. The van der Waals surface area contributed by atoms with Crippen LogP contribution < -0.4 is 71.2 Å². The molecule has 4 rings (SSSR count). The van der Waals surface area contributed by atoms with E-state index in [9.17, 15) is 43.8 Å². The number of nitrogens with one attached hydrogen (secondary N) is 8. The van der Waals surface area contributed by atoms with Crippen molar-refractivity contribution in [1.82, 2.24) is 62.5 Å². The van der Waals surface area contributed by atoms with Crippen LogP contribution >= 0.6 is 34.0 Å². The summed E-state index contributed by atoms with van der Waals surface area (Å²) in [5, 5.41) is 51.5. The smallest absolute Gasteiger partial charge is 0.271 e. The maximum absolute atomic E-state index is 13.9. The lowest BCUT2D eigenvalue weighted by Crippen LogP contribution is -2.57. The van der Waals surface area contributed by atoms with E-state index in [-0.39, 0.29) is 54.7 Å². The van der Waals surface area contributed by atoms with Gasteiger partial charge in [0, 0.05) is 60.1 Å². The fourth-order valence-electron chi connectivity index (χ4n) is 7.41. The summed E-state index contributed by atoms with van der Waals surface area (Å²) in [4.78, 5) is 109. The molecule has 0 bridgehead atoms. The number of nitrogens with two attached hydrogens (primary N) is 5. The summed E-state index contributed by atoms with van der Waals surface area (Å²) in [5.74, 6) is -6.37. The predicted octanol–water partition coefficient (Wildman–Crippen LogP) is -2.18. The van der Waals surface area contributed by atoms with Gasteiger partial charge in [0.05, 0.1) is 41.3 Å². The minimum atomic E-state index is -1.52. The zero-order valence-corrected chi connectivity index (χ0v) is 46.2. The number of carbonyl (C=O) groups is 7. The molecule has 0 aliphatic heterocycles. The third kappa shape index (κ3) is 21.0. The molecule has 4 aromatic heterocycles. The summed E-state index contributed by atoms with van der Waals surface area (Å²) in [6.07, 6.45) is 0.992. The number of unbranched alkanes of at least 4 members (excludes halogenated alkanes) is 1. The largest absolute Gasteiger partial charge is 0.391 e. The summed E-state index contributed by atoms with van der Waals surface area (Å²) in [5.41, 5.74) is 29.0. The number of hydrogen-bond donors (Lipinski definition) is 15. The van der Waals surface area contributed by atoms with Crippen molar-refractivity contribution in [1.29, 1.82) is 0 Å². The second kappa shape index (κ2) is 32.6. The normalized spacial score (nSPS) is 14.5. The van der Waals surface area contributed by atoms with Crippen molar-refractivity contribution in [2.24, 2.45) is 28.9 Å². The van der Waals surface area contributed by atoms with Gasteiger partial charge >= 0.3 is 0 Å². The molecule has 4 aromatic rings. The van der Waals surface area contributed by atoms with E-state index in [1.54, 1.807) is 28.3 Å². The molecule has 0 fully saturated rings. The highest BCUT2D eigenvalue weighted by atomic mass is 32.1. The molecule has 4 heterocycles. The minimum Gasteiger partial charge on any atom is -0.391 e. The Balaban J connectivity index is 1.28. The first kappa shape index (κ1) is 63.4. The molecule has 26 nitrogen and oxygen atoms in total. The van der Waals surface area contributed by atoms with Gasteiger partial charge in [-0.3, -0.25) is 33.6 Å². The molecule has 20 N–H and O–H groups in total. The lowest BCUT2D eigenvalue weighted by molar-refractivity contribution is -0.136. The highest BCUT2D eigenvalue weighted by molar-refractivity contribution is 7.14. The number of nitrogens with zero attached hydrogens (tertiary/aromatic N) is 4. The van der Waals surface area contributed by atoms with Crippen LogP contribution in [-0.2, 0) is 36.8 Å². The Hall–Kier alpha value is -6.15. The van der Waals surface area contributed by atoms with Crippen LogP contribution in [0.25, 0.3) is 10.7 Å². The highest BCUT2D eigenvalue weighted by Gasteiger charge is 2.34. The van der Waals surface area contributed by atoms with Gasteiger partial charge in [-0.05, 0) is 90.6 Å². The molecule has 0 aliphatic rings. The molecule has 424 valence electrons. The Kier molecular flexibility index (Phi) is 26.8. The van der Waals surface area contributed by atoms with Crippen molar-refractivity contribution in [2.45, 2.75) is 115 Å². The van der Waals surface area contributed by atoms with Crippen molar-refractivity contribution in [2.75, 3.05) is 58.1 Å². The lowest BCUT2D eigenvalue weighted by atomic mass is 9.96. The number of nitrogen functional groups attached to an aromatic ring is 1. The quantitative estimate of drug-likeness (QED) is 0.0215. The molecule has 8 atom stereocenters. The Morgan fingerprint density at radius 3 is 2.10 bits per heavy atom. The molecular weight excluding hydrogens is 1050 g/mol. The van der Waals surface area contributed by atoms with Gasteiger partial charge in [0.2, 0.25) is 29.5 Å². The number of aromatic nitrogens is 4. The van der Waals surface area contributed by atoms with Crippen molar-refractivity contribution in [3.63, 3.8) is 0 Å². The fraction of sp³-hybridized carbons (Fsp3) is 0.562. The number of anilines is 1. The Bertz CT molecular complexity index is 2550. The van der Waals surface area contributed by atoms with Crippen molar-refractivity contribution < 1.29 is 43.8 Å². The first-order valence-electron chi connectivity index (χ1n) is 25.3. The number of aliphatic hydroxyl groups excluding tert-OH is 2. The molecule has 0 radical (unpaired) electrons. The van der Waals surface area contributed by atoms with E-state index in [1.807, 2.05) is 0 Å². The van der Waals surface area contributed by atoms with Gasteiger partial charge < -0.3 is 81.4 Å². The molecule has 77 heavy (non-hydrogen) atoms. The Labute approximate surface area is 459 Å². The average molecular weight is 1130 g/mol. The van der Waals surface area contributed by atoms with Crippen LogP contribution in [0.4, 0.5) is 5.82 Å². The van der Waals surface area contributed by atoms with E-state index < -0.39 is 83.8 Å². The highest BCUT2D eigenvalue weighted by Crippen LogP contribution is 2.26. The third-order valence-corrected chi connectivity index (χ3v) is 14.7. The van der Waals surface area contributed by atoms with Crippen molar-refractivity contribution in [3.05, 3.63) is 60.9 Å². The number of rotatable bonds is 36. The van der Waals surface area contributed by atoms with Gasteiger partial charge in [-0.2, -0.15) is 0 Å². The summed E-state index contributed by atoms with van der Waals surface area (Å²) in [6, 6.07) is -2.41. The minimum absolute atomic E-state index is 0.00842. The van der Waals surface area contributed by atoms with E-state index >= 15 is 0 Å². The Morgan fingerprint density at radius 1 is 0.753 bits per heavy atom. The predicted molar refractivity (Wildman–Crippen MR) is 294 cm³/mol. The van der Waals surface area contributed by atoms with E-state index in [1.165, 1.54) is 61.7 Å². The maximum Gasteiger partial charge on any atom is 0.271 e. The number of carbonyl (C=O) groups excluding carboxylic acids is 7. The van der Waals surface area contributed by atoms with Crippen molar-refractivity contribution in [3.8, 4) is 10.7 Å². The topological polar surface area (TPSA) is 438 Å². The first-order chi connectivity index (χ1) is 36.7. The summed E-state index contributed by atoms with van der Waals surface area (Å²) in [7, 11) is 0. The van der Waals surface area contributed by atoms with E-state index in [0.29, 0.717) is 45.8 Å². The monoisotopic (exact) mass is 1130 g/mol. The molecule has 0 saturated carbocycles. The van der Waals surface area contributed by atoms with Crippen LogP contribution in [0.5, 0.6) is 0 Å². The van der Waals surface area contributed by atoms with Crippen LogP contribution in [0.3, 0.4) is 0 Å². The number of thiazole rings is 2. The first-order valence-corrected chi connectivity index (χ1v) is 27.9. The second-order valence-electron chi connectivity index (χ2n) is 18.4. The number of thiophene rings is 1. The van der Waals surface area contributed by atoms with Gasteiger partial charge in [-0.1, -0.05) is 13.0 Å². The van der Waals surface area contributed by atoms with Gasteiger partial charge in [0.15, 0.2) is 0 Å². The van der Waals surface area contributed by atoms with E-state index in [2.05, 4.69) is 62.5 Å². The SMILES string of the molecule is Cc1c(N)nc([C@H](CC(N)=O)NC[C@H](N)C(N)=O)nc1C(=O)N[C@@H](Cc1cccs1)C(=O)N[C@H](C)[C@@H](O)[C@H](C)C(=O)N[C@H](C(=O)NCCc1nc(-c2nc(C(=O)NCCCNCCCCNCCCN)cs2)cs1)[C@@H](C)O. The van der Waals surface area contributed by atoms with Crippen LogP contribution in [0, 0.1) is 12.8 Å². The Morgan fingerprint density at radius 2 is 1.45 bits per heavy atom. The summed E-state index contributed by atoms with van der Waals surface area (Å²) < 4.78 is 0. The van der Waals surface area contributed by atoms with Crippen LogP contribution in [0.15, 0.2) is 28.3 Å². The van der Waals surface area contributed by atoms with Gasteiger partial charge in [-0.15, -0.1) is 34.0 Å². The molecule has 0 aliphatic carbocycles. The zero-order valence-electron chi connectivity index (χ0n) is 43.8. The zero-order chi connectivity index (χ0) is 56.6. The van der Waals surface area contributed by atoms with Crippen LogP contribution in [-0.4, -0.2) is 160 Å². The number of hydrogen-bond acceptors (Lipinski definition) is 22. The molecule has 0 saturated heterocycles. The van der Waals surface area contributed by atoms with Crippen molar-refractivity contribution >= 4 is 81.2 Å². The summed E-state index contributed by atoms with van der Waals surface area (Å²) >= 11 is 3.96. The third-order valence-electron chi connectivity index (χ3n) is 12.0. The van der Waals surface area contributed by atoms with Crippen LogP contribution in [0.2, 0.25) is 0 Å². The molecular formula is C48H75N17O9S3. The molecule has 0 spiro atoms. The number of aliphatic hydroxyl groups is 2. The molecule has 0 aromatic carbocycles. The number of amides is 7. The van der Waals surface area contributed by atoms with E-state index in [0.717, 1.165) is 51.9 Å². The second-order valence-corrected chi connectivity index (χ2v) is 21.2. The number of primary amides is 2. The lowest BCUT2D eigenvalue weighted by Gasteiger charge is -2.29. The van der Waals surface area contributed by atoms with Gasteiger partial charge in [0.25, 0.3) is 11.8 Å². The molecule has 7 amide bonds. The molecule has 0 unspecified atom stereocenters. The van der Waals surface area contributed by atoms with Gasteiger partial charge in [-0.25, -0.2) is 19.9 Å². The fourth-order valence-corrected chi connectivity index (χ4v) is 9.78. The standard InChI is InChI=1S/C48H75N17O9S3/c1-25-37(63-42(65-40(25)52)31(21-35(51)67)58-22-30(50)41(53)69)47(74)61-32(20-29-10-7-19-75-29)45(72)59-27(3)39(68)26(2)43(70)64-38(28(4)66)46(73)57-18-11-36-60-34(24-76-36)48-62-33(23-77-48)44(71)56-17-9-16-55-14-6-5-13-54-15-8-12-49/h7,10,19,23-24,26-28,30-32,38-39,54-55,58,66,68H,5-6,8-9,11-18,20-22,49-50H2,1-4H3,(H2,51,67)(H2,53,69)(H,56,71)(H,57,73)(H,59,72)(H,61,74)(H,64,70)(H2,52,63,65)/t26-,27+,28+,30-,31-,32-,38-,39-/m0/s1. The van der Waals surface area contributed by atoms with E-state index in [4.69, 9.17) is 28.7 Å².